The zero-order valence-electron chi connectivity index (χ0n) is 23.1. The topological polar surface area (TPSA) is 121 Å². The van der Waals surface area contributed by atoms with Gasteiger partial charge in [0.05, 0.1) is 37.2 Å². The van der Waals surface area contributed by atoms with Crippen LogP contribution >= 0.6 is 11.8 Å². The largest absolute Gasteiger partial charge is 0.270 e. The summed E-state index contributed by atoms with van der Waals surface area (Å²) in [5.41, 5.74) is 0. The van der Waals surface area contributed by atoms with E-state index in [0.29, 0.717) is 23.3 Å². The lowest BCUT2D eigenvalue weighted by Gasteiger charge is -2.30. The third kappa shape index (κ3) is 13.3. The van der Waals surface area contributed by atoms with Gasteiger partial charge in [-0.3, -0.25) is 8.37 Å². The van der Waals surface area contributed by atoms with Crippen molar-refractivity contribution in [3.05, 3.63) is 0 Å². The van der Waals surface area contributed by atoms with E-state index in [4.69, 9.17) is 8.37 Å². The lowest BCUT2D eigenvalue weighted by atomic mass is 9.80. The SMILES string of the molecule is C.C1CC[C@@H]2CSCC2C1.CS(=O)(=O)OCC1CCCC[C@@H]1COS(C)(=O)=O.O=S1(=O)CC2CCCC[C@@H]2C1. The molecule has 5 aliphatic rings. The molecule has 0 N–H and O–H groups in total. The van der Waals surface area contributed by atoms with Gasteiger partial charge in [-0.2, -0.15) is 28.6 Å². The summed E-state index contributed by atoms with van der Waals surface area (Å²) in [5, 5.41) is 0. The van der Waals surface area contributed by atoms with Crippen molar-refractivity contribution in [1.29, 1.82) is 0 Å². The van der Waals surface area contributed by atoms with Gasteiger partial charge in [0, 0.05) is 0 Å². The van der Waals surface area contributed by atoms with Crippen LogP contribution in [-0.2, 0) is 38.4 Å². The Balaban J connectivity index is 0.000000216. The maximum atomic E-state index is 11.2. The molecule has 0 radical (unpaired) electrons. The highest BCUT2D eigenvalue weighted by Crippen LogP contribution is 2.40. The fourth-order valence-corrected chi connectivity index (χ4v) is 11.5. The fourth-order valence-electron chi connectivity index (χ4n) is 6.68. The summed E-state index contributed by atoms with van der Waals surface area (Å²) in [6.45, 7) is 0.216. The zero-order chi connectivity index (χ0) is 27.8. The van der Waals surface area contributed by atoms with Gasteiger partial charge in [0.2, 0.25) is 0 Å². The van der Waals surface area contributed by atoms with Gasteiger partial charge in [0.15, 0.2) is 9.84 Å². The second-order valence-electron chi connectivity index (χ2n) is 12.0. The molecule has 6 atom stereocenters. The van der Waals surface area contributed by atoms with Crippen LogP contribution in [-0.4, -0.2) is 74.0 Å². The molecule has 8 nitrogen and oxygen atoms in total. The van der Waals surface area contributed by atoms with Gasteiger partial charge < -0.3 is 0 Å². The summed E-state index contributed by atoms with van der Waals surface area (Å²) in [7, 11) is -9.53. The van der Waals surface area contributed by atoms with Crippen LogP contribution in [0.3, 0.4) is 0 Å². The summed E-state index contributed by atoms with van der Waals surface area (Å²) in [6.07, 6.45) is 16.6. The van der Waals surface area contributed by atoms with Gasteiger partial charge in [-0.25, -0.2) is 8.42 Å². The van der Waals surface area contributed by atoms with Gasteiger partial charge in [0.25, 0.3) is 20.2 Å². The number of hydrogen-bond acceptors (Lipinski definition) is 9. The first-order valence-corrected chi connectivity index (χ1v) is 20.9. The molecule has 0 aromatic carbocycles. The van der Waals surface area contributed by atoms with E-state index in [1.165, 1.54) is 50.0 Å². The van der Waals surface area contributed by atoms with E-state index in [9.17, 15) is 25.3 Å². The van der Waals surface area contributed by atoms with E-state index in [1.807, 2.05) is 0 Å². The van der Waals surface area contributed by atoms with Crippen molar-refractivity contribution in [2.75, 3.05) is 48.7 Å². The van der Waals surface area contributed by atoms with Crippen molar-refractivity contribution < 1.29 is 33.6 Å². The highest BCUT2D eigenvalue weighted by atomic mass is 32.2. The Morgan fingerprint density at radius 2 is 0.949 bits per heavy atom. The molecule has 12 heteroatoms. The lowest BCUT2D eigenvalue weighted by molar-refractivity contribution is 0.111. The average Bonchev–Trinajstić information content (AvgIpc) is 3.44. The predicted octanol–water partition coefficient (Wildman–Crippen LogP) is 5.14. The van der Waals surface area contributed by atoms with Crippen molar-refractivity contribution in [1.82, 2.24) is 0 Å². The molecule has 0 aromatic heterocycles. The van der Waals surface area contributed by atoms with Gasteiger partial charge in [-0.15, -0.1) is 0 Å². The molecule has 3 aliphatic carbocycles. The molecule has 39 heavy (non-hydrogen) atoms. The highest BCUT2D eigenvalue weighted by molar-refractivity contribution is 7.99. The lowest BCUT2D eigenvalue weighted by Crippen LogP contribution is -2.29. The molecule has 0 bridgehead atoms. The maximum absolute atomic E-state index is 11.2. The van der Waals surface area contributed by atoms with Crippen LogP contribution < -0.4 is 0 Å². The summed E-state index contributed by atoms with van der Waals surface area (Å²) >= 11 is 2.18. The Labute approximate surface area is 243 Å². The minimum Gasteiger partial charge on any atom is -0.270 e. The van der Waals surface area contributed by atoms with E-state index < -0.39 is 30.1 Å². The number of fused-ring (bicyclic) bond motifs is 2. The molecule has 3 unspecified atom stereocenters. The molecule has 0 amide bonds. The summed E-state index contributed by atoms with van der Waals surface area (Å²) in [6, 6.07) is 0. The number of rotatable bonds is 6. The van der Waals surface area contributed by atoms with Gasteiger partial charge >= 0.3 is 0 Å². The third-order valence-electron chi connectivity index (χ3n) is 8.79. The van der Waals surface area contributed by atoms with E-state index in [1.54, 1.807) is 0 Å². The van der Waals surface area contributed by atoms with Crippen molar-refractivity contribution in [3.8, 4) is 0 Å². The Kier molecular flexibility index (Phi) is 14.6. The Bertz CT molecular complexity index is 966. The molecule has 5 fully saturated rings. The van der Waals surface area contributed by atoms with Crippen molar-refractivity contribution in [2.45, 2.75) is 84.5 Å². The zero-order valence-corrected chi connectivity index (χ0v) is 26.4. The number of thioether (sulfide) groups is 1. The second-order valence-corrected chi connectivity index (χ2v) is 18.5. The van der Waals surface area contributed by atoms with Crippen molar-refractivity contribution >= 4 is 41.8 Å². The minimum atomic E-state index is -3.45. The summed E-state index contributed by atoms with van der Waals surface area (Å²) < 4.78 is 75.8. The molecule has 2 aliphatic heterocycles. The molecule has 2 heterocycles. The van der Waals surface area contributed by atoms with Crippen LogP contribution in [0.2, 0.25) is 0 Å². The molecule has 3 saturated carbocycles. The second kappa shape index (κ2) is 16.1. The predicted molar refractivity (Wildman–Crippen MR) is 161 cm³/mol. The molecule has 232 valence electrons. The van der Waals surface area contributed by atoms with Crippen molar-refractivity contribution in [2.24, 2.45) is 35.5 Å². The molecule has 5 rings (SSSR count). The van der Waals surface area contributed by atoms with Crippen LogP contribution in [0, 0.1) is 35.5 Å². The molecular formula is C27H52O8S4. The van der Waals surface area contributed by atoms with E-state index in [2.05, 4.69) is 11.8 Å². The summed E-state index contributed by atoms with van der Waals surface area (Å²) in [5.74, 6) is 7.30. The van der Waals surface area contributed by atoms with E-state index >= 15 is 0 Å². The van der Waals surface area contributed by atoms with E-state index in [0.717, 1.165) is 62.9 Å². The van der Waals surface area contributed by atoms with Crippen molar-refractivity contribution in [3.63, 3.8) is 0 Å². The highest BCUT2D eigenvalue weighted by Gasteiger charge is 2.38. The van der Waals surface area contributed by atoms with Crippen LogP contribution in [0.25, 0.3) is 0 Å². The Hall–Kier alpha value is 0.120. The third-order valence-corrected chi connectivity index (χ3v) is 13.1. The molecule has 0 spiro atoms. The van der Waals surface area contributed by atoms with Crippen LogP contribution in [0.1, 0.15) is 84.5 Å². The normalized spacial score (nSPS) is 33.7. The molecule has 2 saturated heterocycles. The average molecular weight is 633 g/mol. The minimum absolute atomic E-state index is 0. The number of hydrogen-bond donors (Lipinski definition) is 0. The fraction of sp³-hybridized carbons (Fsp3) is 1.00. The van der Waals surface area contributed by atoms with Gasteiger partial charge in [0.1, 0.15) is 0 Å². The summed E-state index contributed by atoms with van der Waals surface area (Å²) in [4.78, 5) is 0. The van der Waals surface area contributed by atoms with Crippen LogP contribution in [0.15, 0.2) is 0 Å². The standard InChI is InChI=1S/C10H20O6S2.C8H14O2S.C8H14S.CH4/c1-17(11,12)15-7-9-5-3-4-6-10(9)8-16-18(2,13)14;9-11(10)5-7-3-1-2-4-8(7)6-11;1-2-4-8-6-9-5-7(8)3-1;/h9-10H,3-8H2,1-2H3;7-8H,1-6H2;7-8H,1-6H2;1H4/t9-,10?;2*7-,8?;/m111./s1. The quantitative estimate of drug-likeness (QED) is 0.366. The number of sulfone groups is 1. The van der Waals surface area contributed by atoms with Crippen LogP contribution in [0.5, 0.6) is 0 Å². The first-order valence-electron chi connectivity index (χ1n) is 14.3. The first kappa shape index (κ1) is 35.3. The maximum Gasteiger partial charge on any atom is 0.264 e. The monoisotopic (exact) mass is 632 g/mol. The van der Waals surface area contributed by atoms with Gasteiger partial charge in [-0.1, -0.05) is 46.0 Å². The molecular weight excluding hydrogens is 581 g/mol. The van der Waals surface area contributed by atoms with Crippen LogP contribution in [0.4, 0.5) is 0 Å². The first-order chi connectivity index (χ1) is 17.8. The van der Waals surface area contributed by atoms with Gasteiger partial charge in [-0.05, 0) is 85.5 Å². The smallest absolute Gasteiger partial charge is 0.264 e. The Morgan fingerprint density at radius 3 is 1.31 bits per heavy atom. The molecule has 0 aromatic rings. The van der Waals surface area contributed by atoms with E-state index in [-0.39, 0.29) is 32.5 Å². The Morgan fingerprint density at radius 1 is 0.615 bits per heavy atom.